The van der Waals surface area contributed by atoms with Gasteiger partial charge in [0, 0.05) is 6.04 Å². The van der Waals surface area contributed by atoms with Gasteiger partial charge in [-0.3, -0.25) is 5.32 Å². The Balaban J connectivity index is 1.45. The average molecular weight is 558 g/mol. The first kappa shape index (κ1) is 27.1. The molecular weight excluding hydrogens is 522 g/mol. The van der Waals surface area contributed by atoms with Crippen molar-refractivity contribution in [1.82, 2.24) is 5.32 Å². The van der Waals surface area contributed by atoms with Crippen LogP contribution in [-0.2, 0) is 11.0 Å². The molecule has 0 saturated carbocycles. The summed E-state index contributed by atoms with van der Waals surface area (Å²) >= 11 is 0. The van der Waals surface area contributed by atoms with Gasteiger partial charge in [-0.2, -0.15) is 0 Å². The van der Waals surface area contributed by atoms with Crippen LogP contribution in [0.5, 0.6) is 0 Å². The van der Waals surface area contributed by atoms with E-state index >= 15 is 0 Å². The molecule has 43 heavy (non-hydrogen) atoms. The SMILES string of the molecule is C[C@H](NC1(c2ccccc2)c2ccccc2-c2ccccc21)[C@@H](O)C(c1ccccc1)(c1ccccc1)c1ccccc1. The maximum atomic E-state index is 12.9. The highest BCUT2D eigenvalue weighted by atomic mass is 16.3. The number of aliphatic hydroxyl groups excluding tert-OH is 1. The summed E-state index contributed by atoms with van der Waals surface area (Å²) in [6.45, 7) is 2.13. The van der Waals surface area contributed by atoms with Crippen molar-refractivity contribution in [2.24, 2.45) is 0 Å². The second-order valence-electron chi connectivity index (χ2n) is 11.5. The zero-order chi connectivity index (χ0) is 29.3. The third-order valence-corrected chi connectivity index (χ3v) is 9.21. The van der Waals surface area contributed by atoms with E-state index in [0.717, 1.165) is 22.3 Å². The van der Waals surface area contributed by atoms with Gasteiger partial charge in [-0.25, -0.2) is 0 Å². The molecule has 2 heteroatoms. The lowest BCUT2D eigenvalue weighted by Crippen LogP contribution is -2.57. The molecule has 0 spiro atoms. The summed E-state index contributed by atoms with van der Waals surface area (Å²) in [5.41, 5.74) is 7.66. The number of aliphatic hydroxyl groups is 1. The van der Waals surface area contributed by atoms with Crippen molar-refractivity contribution in [2.75, 3.05) is 0 Å². The first-order chi connectivity index (χ1) is 21.2. The predicted molar refractivity (Wildman–Crippen MR) is 176 cm³/mol. The van der Waals surface area contributed by atoms with Crippen LogP contribution in [0.15, 0.2) is 170 Å². The number of benzene rings is 6. The number of hydrogen-bond acceptors (Lipinski definition) is 2. The summed E-state index contributed by atoms with van der Waals surface area (Å²) in [5.74, 6) is 0. The molecule has 6 aromatic carbocycles. The second kappa shape index (κ2) is 11.1. The van der Waals surface area contributed by atoms with E-state index in [4.69, 9.17) is 0 Å². The van der Waals surface area contributed by atoms with Crippen LogP contribution < -0.4 is 5.32 Å². The lowest BCUT2D eigenvalue weighted by Gasteiger charge is -2.45. The van der Waals surface area contributed by atoms with Gasteiger partial charge in [-0.1, -0.05) is 170 Å². The van der Waals surface area contributed by atoms with Gasteiger partial charge in [0.25, 0.3) is 0 Å². The maximum absolute atomic E-state index is 12.9. The molecule has 2 N–H and O–H groups in total. The Kier molecular flexibility index (Phi) is 7.02. The van der Waals surface area contributed by atoms with Gasteiger partial charge in [0.15, 0.2) is 0 Å². The number of rotatable bonds is 8. The minimum atomic E-state index is -0.833. The molecule has 1 aliphatic rings. The number of nitrogens with one attached hydrogen (secondary N) is 1. The molecule has 0 saturated heterocycles. The number of fused-ring (bicyclic) bond motifs is 3. The molecule has 0 aromatic heterocycles. The van der Waals surface area contributed by atoms with E-state index in [1.54, 1.807) is 0 Å². The van der Waals surface area contributed by atoms with E-state index in [1.807, 2.05) is 18.2 Å². The van der Waals surface area contributed by atoms with Crippen LogP contribution in [0.3, 0.4) is 0 Å². The molecule has 0 heterocycles. The van der Waals surface area contributed by atoms with Gasteiger partial charge in [-0.15, -0.1) is 0 Å². The van der Waals surface area contributed by atoms with Crippen LogP contribution in [0.2, 0.25) is 0 Å². The molecule has 210 valence electrons. The molecular formula is C41H35NO. The topological polar surface area (TPSA) is 32.3 Å². The molecule has 1 aliphatic carbocycles. The summed E-state index contributed by atoms with van der Waals surface area (Å²) in [5, 5.41) is 17.0. The molecule has 0 aliphatic heterocycles. The maximum Gasteiger partial charge on any atom is 0.0962 e. The van der Waals surface area contributed by atoms with Crippen LogP contribution in [0, 0.1) is 0 Å². The standard InChI is InChI=1S/C41H35NO/c1-30(39(43)40(31-18-6-2-7-19-31,32-20-8-3-9-21-32)33-22-10-4-11-23-33)42-41(34-24-12-5-13-25-34)37-28-16-14-26-35(37)36-27-15-17-29-38(36)41/h2-30,39,42-43H,1H3/t30-,39+/m0/s1. The average Bonchev–Trinajstić information content (AvgIpc) is 3.37. The van der Waals surface area contributed by atoms with Crippen molar-refractivity contribution in [3.05, 3.63) is 203 Å². The van der Waals surface area contributed by atoms with Gasteiger partial charge in [-0.05, 0) is 51.4 Å². The van der Waals surface area contributed by atoms with Crippen molar-refractivity contribution < 1.29 is 5.11 Å². The minimum absolute atomic E-state index is 0.347. The van der Waals surface area contributed by atoms with Crippen molar-refractivity contribution in [3.8, 4) is 11.1 Å². The van der Waals surface area contributed by atoms with Crippen molar-refractivity contribution in [2.45, 2.75) is 30.0 Å². The normalized spacial score (nSPS) is 14.8. The summed E-state index contributed by atoms with van der Waals surface area (Å²) < 4.78 is 0. The van der Waals surface area contributed by atoms with Crippen molar-refractivity contribution >= 4 is 0 Å². The Morgan fingerprint density at radius 1 is 0.488 bits per heavy atom. The Morgan fingerprint density at radius 3 is 1.26 bits per heavy atom. The molecule has 0 amide bonds. The quantitative estimate of drug-likeness (QED) is 0.184. The van der Waals surface area contributed by atoms with Crippen LogP contribution in [0.1, 0.15) is 40.3 Å². The van der Waals surface area contributed by atoms with Gasteiger partial charge >= 0.3 is 0 Å². The summed E-state index contributed by atoms with van der Waals surface area (Å²) in [7, 11) is 0. The molecule has 0 fully saturated rings. The van der Waals surface area contributed by atoms with Gasteiger partial charge in [0.05, 0.1) is 17.1 Å². The van der Waals surface area contributed by atoms with Gasteiger partial charge in [0.1, 0.15) is 0 Å². The summed E-state index contributed by atoms with van der Waals surface area (Å²) in [4.78, 5) is 0. The Morgan fingerprint density at radius 2 is 0.837 bits per heavy atom. The molecule has 2 atom stereocenters. The summed E-state index contributed by atoms with van der Waals surface area (Å²) in [6, 6.07) is 59.0. The number of hydrogen-bond donors (Lipinski definition) is 2. The third kappa shape index (κ3) is 4.26. The zero-order valence-corrected chi connectivity index (χ0v) is 24.3. The fraction of sp³-hybridized carbons (Fsp3) is 0.122. The second-order valence-corrected chi connectivity index (χ2v) is 11.5. The summed E-state index contributed by atoms with van der Waals surface area (Å²) in [6.07, 6.45) is -0.833. The van der Waals surface area contributed by atoms with Gasteiger partial charge < -0.3 is 5.11 Å². The molecule has 2 nitrogen and oxygen atoms in total. The fourth-order valence-electron chi connectivity index (χ4n) is 7.38. The van der Waals surface area contributed by atoms with Gasteiger partial charge in [0.2, 0.25) is 0 Å². The van der Waals surface area contributed by atoms with Crippen LogP contribution in [0.25, 0.3) is 11.1 Å². The van der Waals surface area contributed by atoms with Crippen LogP contribution >= 0.6 is 0 Å². The lowest BCUT2D eigenvalue weighted by atomic mass is 9.64. The van der Waals surface area contributed by atoms with Crippen LogP contribution in [-0.4, -0.2) is 17.3 Å². The highest BCUT2D eigenvalue weighted by Gasteiger charge is 2.50. The van der Waals surface area contributed by atoms with Crippen LogP contribution in [0.4, 0.5) is 0 Å². The predicted octanol–water partition coefficient (Wildman–Crippen LogP) is 8.33. The third-order valence-electron chi connectivity index (χ3n) is 9.21. The van der Waals surface area contributed by atoms with E-state index in [1.165, 1.54) is 22.3 Å². The first-order valence-corrected chi connectivity index (χ1v) is 15.0. The van der Waals surface area contributed by atoms with Crippen molar-refractivity contribution in [1.29, 1.82) is 0 Å². The van der Waals surface area contributed by atoms with Crippen molar-refractivity contribution in [3.63, 3.8) is 0 Å². The largest absolute Gasteiger partial charge is 0.390 e. The Labute approximate surface area is 254 Å². The highest BCUT2D eigenvalue weighted by molar-refractivity contribution is 5.83. The molecule has 6 aromatic rings. The Hall–Kier alpha value is -4.76. The fourth-order valence-corrected chi connectivity index (χ4v) is 7.38. The van der Waals surface area contributed by atoms with E-state index in [-0.39, 0.29) is 6.04 Å². The first-order valence-electron chi connectivity index (χ1n) is 15.0. The van der Waals surface area contributed by atoms with E-state index in [9.17, 15) is 5.11 Å². The highest BCUT2D eigenvalue weighted by Crippen LogP contribution is 2.52. The molecule has 0 unspecified atom stereocenters. The monoisotopic (exact) mass is 557 g/mol. The van der Waals surface area contributed by atoms with E-state index in [2.05, 4.69) is 164 Å². The molecule has 0 bridgehead atoms. The zero-order valence-electron chi connectivity index (χ0n) is 24.3. The minimum Gasteiger partial charge on any atom is -0.390 e. The Bertz CT molecular complexity index is 1670. The molecule has 7 rings (SSSR count). The molecule has 0 radical (unpaired) electrons. The van der Waals surface area contributed by atoms with E-state index in [0.29, 0.717) is 0 Å². The van der Waals surface area contributed by atoms with E-state index < -0.39 is 17.1 Å². The smallest absolute Gasteiger partial charge is 0.0962 e. The lowest BCUT2D eigenvalue weighted by molar-refractivity contribution is 0.0778.